The lowest BCUT2D eigenvalue weighted by atomic mass is 10.00. The molecule has 0 fully saturated rings. The lowest BCUT2D eigenvalue weighted by Gasteiger charge is -2.22. The molecule has 0 radical (unpaired) electrons. The maximum absolute atomic E-state index is 13.3. The minimum absolute atomic E-state index is 0.0195. The van der Waals surface area contributed by atoms with E-state index in [1.165, 1.54) is 7.11 Å². The summed E-state index contributed by atoms with van der Waals surface area (Å²) in [5.74, 6) is 5.28. The molecule has 0 saturated heterocycles. The fourth-order valence-corrected chi connectivity index (χ4v) is 3.77. The van der Waals surface area contributed by atoms with E-state index in [0.717, 1.165) is 29.5 Å². The van der Waals surface area contributed by atoms with Crippen LogP contribution in [0.5, 0.6) is 0 Å². The summed E-state index contributed by atoms with van der Waals surface area (Å²) < 4.78 is 4.76. The van der Waals surface area contributed by atoms with E-state index in [9.17, 15) is 9.59 Å². The number of esters is 1. The van der Waals surface area contributed by atoms with Crippen LogP contribution in [-0.2, 0) is 9.53 Å². The van der Waals surface area contributed by atoms with Crippen molar-refractivity contribution >= 4 is 29.5 Å². The van der Waals surface area contributed by atoms with E-state index in [1.807, 2.05) is 41.3 Å². The first-order valence-corrected chi connectivity index (χ1v) is 11.0. The van der Waals surface area contributed by atoms with Crippen molar-refractivity contribution in [3.05, 3.63) is 59.2 Å². The van der Waals surface area contributed by atoms with E-state index < -0.39 is 0 Å². The molecule has 0 atom stereocenters. The van der Waals surface area contributed by atoms with Gasteiger partial charge in [0, 0.05) is 30.6 Å². The molecule has 2 aromatic carbocycles. The molecule has 0 bridgehead atoms. The van der Waals surface area contributed by atoms with Crippen molar-refractivity contribution in [2.45, 2.75) is 33.1 Å². The largest absolute Gasteiger partial charge is 0.465 e. The van der Waals surface area contributed by atoms with Crippen molar-refractivity contribution in [2.75, 3.05) is 20.2 Å². The highest BCUT2D eigenvalue weighted by molar-refractivity contribution is 6.06. The number of methoxy groups -OCH3 is 1. The molecule has 8 nitrogen and oxygen atoms in total. The molecule has 33 heavy (non-hydrogen) atoms. The number of benzene rings is 2. The van der Waals surface area contributed by atoms with Crippen LogP contribution in [0.1, 0.15) is 49.0 Å². The molecule has 2 aromatic rings. The molecule has 1 amide bonds. The summed E-state index contributed by atoms with van der Waals surface area (Å²) in [6.07, 6.45) is 3.90. The molecule has 0 spiro atoms. The summed E-state index contributed by atoms with van der Waals surface area (Å²) in [6, 6.07) is 13.0. The second kappa shape index (κ2) is 11.2. The third-order valence-electron chi connectivity index (χ3n) is 5.32. The first-order chi connectivity index (χ1) is 16.0. The maximum atomic E-state index is 13.3. The Labute approximate surface area is 193 Å². The minimum Gasteiger partial charge on any atom is -0.465 e. The van der Waals surface area contributed by atoms with Gasteiger partial charge in [0.2, 0.25) is 5.91 Å². The predicted octanol–water partition coefficient (Wildman–Crippen LogP) is 4.93. The zero-order valence-electron chi connectivity index (χ0n) is 19.2. The summed E-state index contributed by atoms with van der Waals surface area (Å²) in [4.78, 5) is 31.5. The first-order valence-electron chi connectivity index (χ1n) is 11.0. The van der Waals surface area contributed by atoms with Gasteiger partial charge in [-0.2, -0.15) is 0 Å². The summed E-state index contributed by atoms with van der Waals surface area (Å²) in [6.45, 7) is 5.51. The number of amidine groups is 1. The molecule has 0 saturated carbocycles. The monoisotopic (exact) mass is 447 g/mol. The van der Waals surface area contributed by atoms with Gasteiger partial charge in [0.25, 0.3) is 0 Å². The standard InChI is InChI=1S/C25H29N5O3/c1-4-12-30(13-5-2)24(31)21-14-20-11-10-19(15-22(20)27-23(16-21)28-29-26)17-6-8-18(9-7-17)25(32)33-3/h6-11,14-15H,4-5,12-13,16H2,1-3H3,(H2,26,27,28). The van der Waals surface area contributed by atoms with Crippen LogP contribution in [-0.4, -0.2) is 42.8 Å². The number of rotatable bonds is 7. The topological polar surface area (TPSA) is 110 Å². The van der Waals surface area contributed by atoms with Crippen LogP contribution in [0.25, 0.3) is 17.2 Å². The van der Waals surface area contributed by atoms with E-state index >= 15 is 0 Å². The van der Waals surface area contributed by atoms with Crippen LogP contribution in [0, 0.1) is 0 Å². The molecule has 1 heterocycles. The SMILES string of the molecule is CCCN(CCC)C(=O)C1=Cc2ccc(-c3ccc(C(=O)OC)cc3)cc2N=C(N=NN)C1. The predicted molar refractivity (Wildman–Crippen MR) is 129 cm³/mol. The Morgan fingerprint density at radius 1 is 1.06 bits per heavy atom. The van der Waals surface area contributed by atoms with Crippen LogP contribution in [0.4, 0.5) is 5.69 Å². The Kier molecular flexibility index (Phi) is 8.07. The average molecular weight is 448 g/mol. The Bertz CT molecular complexity index is 1100. The Balaban J connectivity index is 2.00. The number of fused-ring (bicyclic) bond motifs is 1. The number of hydrogen-bond acceptors (Lipinski definition) is 6. The molecule has 3 rings (SSSR count). The van der Waals surface area contributed by atoms with Gasteiger partial charge in [0.15, 0.2) is 5.84 Å². The molecular weight excluding hydrogens is 418 g/mol. The summed E-state index contributed by atoms with van der Waals surface area (Å²) in [7, 11) is 1.35. The van der Waals surface area contributed by atoms with Gasteiger partial charge in [-0.25, -0.2) is 9.79 Å². The van der Waals surface area contributed by atoms with Crippen molar-refractivity contribution in [1.82, 2.24) is 4.90 Å². The molecule has 8 heteroatoms. The van der Waals surface area contributed by atoms with Crippen molar-refractivity contribution < 1.29 is 14.3 Å². The van der Waals surface area contributed by atoms with Gasteiger partial charge in [0.1, 0.15) is 0 Å². The van der Waals surface area contributed by atoms with Crippen LogP contribution in [0.15, 0.2) is 63.4 Å². The number of nitrogens with zero attached hydrogens (tertiary/aromatic N) is 4. The lowest BCUT2D eigenvalue weighted by Crippen LogP contribution is -2.34. The highest BCUT2D eigenvalue weighted by Crippen LogP contribution is 2.33. The van der Waals surface area contributed by atoms with E-state index in [4.69, 9.17) is 10.6 Å². The first kappa shape index (κ1) is 23.8. The molecule has 1 aliphatic rings. The summed E-state index contributed by atoms with van der Waals surface area (Å²) >= 11 is 0. The molecule has 0 aromatic heterocycles. The third kappa shape index (κ3) is 5.71. The number of carbonyl (C=O) groups excluding carboxylic acids is 2. The highest BCUT2D eigenvalue weighted by atomic mass is 16.5. The van der Waals surface area contributed by atoms with Gasteiger partial charge in [0.05, 0.1) is 18.4 Å². The Morgan fingerprint density at radius 3 is 2.33 bits per heavy atom. The van der Waals surface area contributed by atoms with Gasteiger partial charge in [-0.05, 0) is 48.2 Å². The van der Waals surface area contributed by atoms with Crippen molar-refractivity contribution in [1.29, 1.82) is 0 Å². The van der Waals surface area contributed by atoms with Crippen molar-refractivity contribution in [3.63, 3.8) is 0 Å². The molecule has 2 N–H and O–H groups in total. The number of carbonyl (C=O) groups is 2. The van der Waals surface area contributed by atoms with Gasteiger partial charge in [-0.1, -0.05) is 43.3 Å². The third-order valence-corrected chi connectivity index (χ3v) is 5.32. The van der Waals surface area contributed by atoms with Gasteiger partial charge < -0.3 is 15.5 Å². The van der Waals surface area contributed by atoms with E-state index in [0.29, 0.717) is 35.7 Å². The number of nitrogens with two attached hydrogens (primary N) is 1. The minimum atomic E-state index is -0.382. The molecule has 1 aliphatic heterocycles. The van der Waals surface area contributed by atoms with Crippen molar-refractivity contribution in [2.24, 2.45) is 21.2 Å². The molecule has 172 valence electrons. The molecule has 0 unspecified atom stereocenters. The Hall–Kier alpha value is -3.81. The number of ether oxygens (including phenoxy) is 1. The van der Waals surface area contributed by atoms with Gasteiger partial charge >= 0.3 is 5.97 Å². The quantitative estimate of drug-likeness (QED) is 0.281. The number of aliphatic imine (C=N–C) groups is 1. The molecular formula is C25H29N5O3. The summed E-state index contributed by atoms with van der Waals surface area (Å²) in [5, 5.41) is 7.36. The van der Waals surface area contributed by atoms with Crippen LogP contribution < -0.4 is 5.84 Å². The van der Waals surface area contributed by atoms with E-state index in [-0.39, 0.29) is 18.3 Å². The van der Waals surface area contributed by atoms with Crippen LogP contribution in [0.2, 0.25) is 0 Å². The smallest absolute Gasteiger partial charge is 0.337 e. The van der Waals surface area contributed by atoms with Gasteiger partial charge in [-0.3, -0.25) is 4.79 Å². The second-order valence-corrected chi connectivity index (χ2v) is 7.72. The highest BCUT2D eigenvalue weighted by Gasteiger charge is 2.22. The van der Waals surface area contributed by atoms with Crippen LogP contribution in [0.3, 0.4) is 0 Å². The van der Waals surface area contributed by atoms with Crippen molar-refractivity contribution in [3.8, 4) is 11.1 Å². The Morgan fingerprint density at radius 2 is 1.73 bits per heavy atom. The van der Waals surface area contributed by atoms with E-state index in [1.54, 1.807) is 12.1 Å². The van der Waals surface area contributed by atoms with E-state index in [2.05, 4.69) is 29.2 Å². The fourth-order valence-electron chi connectivity index (χ4n) is 3.77. The fraction of sp³-hybridized carbons (Fsp3) is 0.320. The maximum Gasteiger partial charge on any atom is 0.337 e. The number of hydrogen-bond donors (Lipinski definition) is 1. The average Bonchev–Trinajstić information content (AvgIpc) is 3.02. The lowest BCUT2D eigenvalue weighted by molar-refractivity contribution is -0.127. The van der Waals surface area contributed by atoms with Crippen LogP contribution >= 0.6 is 0 Å². The second-order valence-electron chi connectivity index (χ2n) is 7.72. The zero-order valence-corrected chi connectivity index (χ0v) is 19.2. The zero-order chi connectivity index (χ0) is 23.8. The number of amides is 1. The normalized spacial score (nSPS) is 13.1. The van der Waals surface area contributed by atoms with Gasteiger partial charge in [-0.15, -0.1) is 5.11 Å². The summed E-state index contributed by atoms with van der Waals surface area (Å²) in [5.41, 5.74) is 4.42. The molecule has 0 aliphatic carbocycles.